The molecule has 9 heteroatoms. The van der Waals surface area contributed by atoms with Gasteiger partial charge in [-0.1, -0.05) is 34.8 Å². The highest BCUT2D eigenvalue weighted by molar-refractivity contribution is 6.35. The van der Waals surface area contributed by atoms with Crippen LogP contribution in [-0.2, 0) is 0 Å². The number of aromatic nitrogens is 3. The number of carbonyl (C=O) groups is 1. The van der Waals surface area contributed by atoms with Gasteiger partial charge in [-0.3, -0.25) is 9.69 Å². The maximum absolute atomic E-state index is 12.8. The van der Waals surface area contributed by atoms with E-state index < -0.39 is 0 Å². The van der Waals surface area contributed by atoms with Crippen LogP contribution in [0.3, 0.4) is 0 Å². The van der Waals surface area contributed by atoms with Gasteiger partial charge >= 0.3 is 0 Å². The van der Waals surface area contributed by atoms with Crippen LogP contribution in [0.4, 0.5) is 5.69 Å². The highest BCUT2D eigenvalue weighted by Gasteiger charge is 2.21. The Bertz CT molecular complexity index is 1070. The molecule has 0 aliphatic carbocycles. The van der Waals surface area contributed by atoms with Gasteiger partial charge in [-0.15, -0.1) is 0 Å². The molecule has 1 aromatic carbocycles. The number of carbonyl (C=O) groups excluding carboxylic acids is 1. The van der Waals surface area contributed by atoms with Gasteiger partial charge < -0.3 is 4.90 Å². The Kier molecular flexibility index (Phi) is 6.82. The van der Waals surface area contributed by atoms with Gasteiger partial charge in [0.25, 0.3) is 0 Å². The number of hydrogen-bond donors (Lipinski definition) is 0. The predicted octanol–water partition coefficient (Wildman–Crippen LogP) is 4.93. The van der Waals surface area contributed by atoms with Crippen LogP contribution >= 0.6 is 34.8 Å². The molecule has 1 saturated heterocycles. The summed E-state index contributed by atoms with van der Waals surface area (Å²) in [6.07, 6.45) is 3.69. The molecule has 0 atom stereocenters. The van der Waals surface area contributed by atoms with Gasteiger partial charge in [0, 0.05) is 61.1 Å². The van der Waals surface area contributed by atoms with E-state index in [-0.39, 0.29) is 5.78 Å². The summed E-state index contributed by atoms with van der Waals surface area (Å²) >= 11 is 18.5. The largest absolute Gasteiger partial charge is 0.369 e. The molecule has 0 saturated carbocycles. The Labute approximate surface area is 196 Å². The van der Waals surface area contributed by atoms with E-state index in [9.17, 15) is 4.79 Å². The molecule has 0 amide bonds. The quantitative estimate of drug-likeness (QED) is 0.470. The first kappa shape index (κ1) is 22.1. The Hall–Kier alpha value is -2.12. The zero-order valence-electron chi connectivity index (χ0n) is 17.1. The van der Waals surface area contributed by atoms with Gasteiger partial charge in [-0.25, -0.2) is 9.67 Å². The van der Waals surface area contributed by atoms with Gasteiger partial charge in [0.15, 0.2) is 11.6 Å². The van der Waals surface area contributed by atoms with E-state index in [2.05, 4.69) is 19.9 Å². The Morgan fingerprint density at radius 3 is 2.45 bits per heavy atom. The minimum Gasteiger partial charge on any atom is -0.369 e. The number of anilines is 1. The van der Waals surface area contributed by atoms with Crippen LogP contribution in [0.1, 0.15) is 22.5 Å². The molecular weight excluding hydrogens is 457 g/mol. The SMILES string of the molecule is Cc1c(C(=O)CCN2CCN(c3cc(Cl)cc(Cl)c3)CC2)cnn1-c1ncccc1Cl. The van der Waals surface area contributed by atoms with Crippen molar-refractivity contribution in [3.8, 4) is 5.82 Å². The van der Waals surface area contributed by atoms with E-state index >= 15 is 0 Å². The van der Waals surface area contributed by atoms with Crippen molar-refractivity contribution in [1.29, 1.82) is 0 Å². The number of ketones is 1. The van der Waals surface area contributed by atoms with E-state index in [0.29, 0.717) is 39.4 Å². The van der Waals surface area contributed by atoms with E-state index in [1.165, 1.54) is 0 Å². The summed E-state index contributed by atoms with van der Waals surface area (Å²) in [7, 11) is 0. The molecule has 4 rings (SSSR count). The fraction of sp³-hybridized carbons (Fsp3) is 0.318. The monoisotopic (exact) mass is 477 g/mol. The molecule has 1 aliphatic rings. The van der Waals surface area contributed by atoms with E-state index in [1.54, 1.807) is 35.3 Å². The molecule has 1 aliphatic heterocycles. The van der Waals surface area contributed by atoms with Crippen molar-refractivity contribution in [1.82, 2.24) is 19.7 Å². The Balaban J connectivity index is 1.33. The maximum atomic E-state index is 12.8. The van der Waals surface area contributed by atoms with Crippen molar-refractivity contribution in [2.45, 2.75) is 13.3 Å². The van der Waals surface area contributed by atoms with Crippen molar-refractivity contribution in [2.24, 2.45) is 0 Å². The maximum Gasteiger partial charge on any atom is 0.172 e. The third-order valence-corrected chi connectivity index (χ3v) is 6.22. The number of piperazine rings is 1. The van der Waals surface area contributed by atoms with Crippen LogP contribution in [0.5, 0.6) is 0 Å². The first-order valence-electron chi connectivity index (χ1n) is 10.0. The molecular formula is C22H22Cl3N5O. The summed E-state index contributed by atoms with van der Waals surface area (Å²) in [5.41, 5.74) is 2.38. The van der Waals surface area contributed by atoms with Gasteiger partial charge in [0.05, 0.1) is 22.5 Å². The molecule has 0 radical (unpaired) electrons. The van der Waals surface area contributed by atoms with Crippen LogP contribution in [-0.4, -0.2) is 58.2 Å². The summed E-state index contributed by atoms with van der Waals surface area (Å²) < 4.78 is 1.62. The average molecular weight is 479 g/mol. The zero-order chi connectivity index (χ0) is 22.0. The molecule has 3 heterocycles. The van der Waals surface area contributed by atoms with Crippen LogP contribution < -0.4 is 4.90 Å². The van der Waals surface area contributed by atoms with Crippen molar-refractivity contribution >= 4 is 46.3 Å². The standard InChI is InChI=1S/C22H22Cl3N5O/c1-15-19(14-27-30(15)22-20(25)3-2-5-26-22)21(31)4-6-28-7-9-29(10-8-28)18-12-16(23)11-17(24)13-18/h2-3,5,11-14H,4,6-10H2,1H3. The molecule has 0 unspecified atom stereocenters. The lowest BCUT2D eigenvalue weighted by Crippen LogP contribution is -2.46. The van der Waals surface area contributed by atoms with Crippen LogP contribution in [0.25, 0.3) is 5.82 Å². The third-order valence-electron chi connectivity index (χ3n) is 5.49. The smallest absolute Gasteiger partial charge is 0.172 e. The zero-order valence-corrected chi connectivity index (χ0v) is 19.3. The van der Waals surface area contributed by atoms with Gasteiger partial charge in [0.2, 0.25) is 0 Å². The molecule has 3 aromatic rings. The fourth-order valence-electron chi connectivity index (χ4n) is 3.78. The molecule has 0 bridgehead atoms. The minimum absolute atomic E-state index is 0.0693. The first-order chi connectivity index (χ1) is 14.9. The lowest BCUT2D eigenvalue weighted by Gasteiger charge is -2.36. The highest BCUT2D eigenvalue weighted by Crippen LogP contribution is 2.26. The second-order valence-electron chi connectivity index (χ2n) is 7.49. The summed E-state index contributed by atoms with van der Waals surface area (Å²) in [5, 5.41) is 6.09. The summed E-state index contributed by atoms with van der Waals surface area (Å²) in [4.78, 5) is 21.7. The summed E-state index contributed by atoms with van der Waals surface area (Å²) in [6, 6.07) is 9.11. The van der Waals surface area contributed by atoms with Gasteiger partial charge in [-0.2, -0.15) is 5.10 Å². The molecule has 2 aromatic heterocycles. The molecule has 6 nitrogen and oxygen atoms in total. The first-order valence-corrected chi connectivity index (χ1v) is 11.2. The van der Waals surface area contributed by atoms with Crippen LogP contribution in [0, 0.1) is 6.92 Å². The summed E-state index contributed by atoms with van der Waals surface area (Å²) in [5.74, 6) is 0.595. The normalized spacial score (nSPS) is 14.8. The number of Topliss-reactive ketones (excluding diaryl/α,β-unsaturated/α-hetero) is 1. The van der Waals surface area contributed by atoms with E-state index in [0.717, 1.165) is 37.6 Å². The summed E-state index contributed by atoms with van der Waals surface area (Å²) in [6.45, 7) is 6.04. The molecule has 31 heavy (non-hydrogen) atoms. The van der Waals surface area contributed by atoms with Crippen molar-refractivity contribution in [3.05, 3.63) is 69.1 Å². The second kappa shape index (κ2) is 9.57. The van der Waals surface area contributed by atoms with Gasteiger partial charge in [0.1, 0.15) is 0 Å². The molecule has 0 spiro atoms. The third kappa shape index (κ3) is 5.04. The van der Waals surface area contributed by atoms with Crippen molar-refractivity contribution in [3.63, 3.8) is 0 Å². The predicted molar refractivity (Wildman–Crippen MR) is 125 cm³/mol. The number of hydrogen-bond acceptors (Lipinski definition) is 5. The Morgan fingerprint density at radius 2 is 1.77 bits per heavy atom. The number of nitrogens with zero attached hydrogens (tertiary/aromatic N) is 5. The Morgan fingerprint density at radius 1 is 1.06 bits per heavy atom. The molecule has 1 fully saturated rings. The van der Waals surface area contributed by atoms with Crippen LogP contribution in [0.2, 0.25) is 15.1 Å². The average Bonchev–Trinajstić information content (AvgIpc) is 3.13. The topological polar surface area (TPSA) is 54.3 Å². The number of pyridine rings is 1. The van der Waals surface area contributed by atoms with Crippen molar-refractivity contribution < 1.29 is 4.79 Å². The lowest BCUT2D eigenvalue weighted by atomic mass is 10.1. The molecule has 0 N–H and O–H groups in total. The highest BCUT2D eigenvalue weighted by atomic mass is 35.5. The number of rotatable bonds is 6. The number of halogens is 3. The molecule has 162 valence electrons. The fourth-order valence-corrected chi connectivity index (χ4v) is 4.49. The van der Waals surface area contributed by atoms with Crippen molar-refractivity contribution in [2.75, 3.05) is 37.6 Å². The lowest BCUT2D eigenvalue weighted by molar-refractivity contribution is 0.0962. The van der Waals surface area contributed by atoms with E-state index in [4.69, 9.17) is 34.8 Å². The van der Waals surface area contributed by atoms with Crippen LogP contribution in [0.15, 0.2) is 42.7 Å². The minimum atomic E-state index is 0.0693. The second-order valence-corrected chi connectivity index (χ2v) is 8.77. The number of benzene rings is 1. The van der Waals surface area contributed by atoms with E-state index in [1.807, 2.05) is 19.1 Å². The van der Waals surface area contributed by atoms with Gasteiger partial charge in [-0.05, 0) is 37.3 Å².